The molecule has 0 radical (unpaired) electrons. The standard InChI is InChI=1S/C23H23N3O5S/c1-4-23(31-32)16-8-18-20-12(9-26(18)21(28)15(16)11-30-22(23)29)7-13-14(10-25(2)3)19(27)6-5-17(13)24-20/h5-8,27,32H,4,9-11H2,1-3H3/t23-/m1/s1. The Bertz CT molecular complexity index is 1340. The fraction of sp³-hybridized carbons (Fsp3) is 0.348. The van der Waals surface area contributed by atoms with Crippen LogP contribution in [0.3, 0.4) is 0 Å². The molecule has 166 valence electrons. The van der Waals surface area contributed by atoms with Crippen LogP contribution in [0, 0.1) is 0 Å². The summed E-state index contributed by atoms with van der Waals surface area (Å²) < 4.78 is 12.3. The highest BCUT2D eigenvalue weighted by Crippen LogP contribution is 2.41. The lowest BCUT2D eigenvalue weighted by Crippen LogP contribution is -2.45. The van der Waals surface area contributed by atoms with E-state index in [2.05, 4.69) is 12.9 Å². The highest BCUT2D eigenvalue weighted by Gasteiger charge is 2.48. The first kappa shape index (κ1) is 21.0. The van der Waals surface area contributed by atoms with Gasteiger partial charge in [0.1, 0.15) is 12.4 Å². The number of aromatic nitrogens is 2. The van der Waals surface area contributed by atoms with Crippen molar-refractivity contribution in [1.29, 1.82) is 0 Å². The number of phenolic OH excluding ortho intramolecular Hbond substituents is 1. The number of ether oxygens (including phenoxy) is 1. The molecule has 5 rings (SSSR count). The van der Waals surface area contributed by atoms with Crippen molar-refractivity contribution >= 4 is 29.8 Å². The fourth-order valence-electron chi connectivity index (χ4n) is 4.72. The van der Waals surface area contributed by atoms with E-state index in [1.165, 1.54) is 0 Å². The van der Waals surface area contributed by atoms with Gasteiger partial charge in [-0.05, 0) is 57.7 Å². The van der Waals surface area contributed by atoms with Crippen LogP contribution < -0.4 is 5.56 Å². The molecule has 4 heterocycles. The number of thiol groups is 1. The van der Waals surface area contributed by atoms with Crippen molar-refractivity contribution in [3.63, 3.8) is 0 Å². The largest absolute Gasteiger partial charge is 0.508 e. The van der Waals surface area contributed by atoms with Gasteiger partial charge in [0.15, 0.2) is 0 Å². The average Bonchev–Trinajstić information content (AvgIpc) is 3.13. The van der Waals surface area contributed by atoms with E-state index >= 15 is 0 Å². The zero-order valence-corrected chi connectivity index (χ0v) is 18.9. The molecular formula is C23H23N3O5S. The van der Waals surface area contributed by atoms with Gasteiger partial charge in [0.25, 0.3) is 5.56 Å². The number of phenols is 1. The van der Waals surface area contributed by atoms with Crippen LogP contribution in [0.25, 0.3) is 22.3 Å². The fourth-order valence-corrected chi connectivity index (χ4v) is 5.02. The molecule has 0 saturated heterocycles. The Balaban J connectivity index is 1.75. The summed E-state index contributed by atoms with van der Waals surface area (Å²) in [6.45, 7) is 2.60. The van der Waals surface area contributed by atoms with Crippen LogP contribution in [0.15, 0.2) is 29.1 Å². The minimum Gasteiger partial charge on any atom is -0.508 e. The number of carbonyl (C=O) groups excluding carboxylic acids is 1. The lowest BCUT2D eigenvalue weighted by atomic mass is 9.86. The molecule has 2 aliphatic heterocycles. The maximum atomic E-state index is 13.4. The van der Waals surface area contributed by atoms with Crippen LogP contribution >= 0.6 is 12.9 Å². The van der Waals surface area contributed by atoms with E-state index in [0.717, 1.165) is 22.0 Å². The minimum atomic E-state index is -1.43. The van der Waals surface area contributed by atoms with Crippen LogP contribution in [0.2, 0.25) is 0 Å². The number of nitrogens with zero attached hydrogens (tertiary/aromatic N) is 3. The zero-order valence-electron chi connectivity index (χ0n) is 18.0. The number of aromatic hydroxyl groups is 1. The molecule has 32 heavy (non-hydrogen) atoms. The van der Waals surface area contributed by atoms with Crippen molar-refractivity contribution in [3.8, 4) is 17.1 Å². The predicted octanol–water partition coefficient (Wildman–Crippen LogP) is 2.72. The summed E-state index contributed by atoms with van der Waals surface area (Å²) in [6, 6.07) is 7.21. The van der Waals surface area contributed by atoms with Crippen molar-refractivity contribution in [3.05, 3.63) is 56.9 Å². The Morgan fingerprint density at radius 2 is 2.09 bits per heavy atom. The maximum absolute atomic E-state index is 13.4. The number of hydrogen-bond donors (Lipinski definition) is 2. The SMILES string of the molecule is CC[C@]1(OS)C(=O)OCc2c1cc1n(c2=O)Cc2cc3c(CN(C)C)c(O)ccc3nc2-1. The summed E-state index contributed by atoms with van der Waals surface area (Å²) in [5.74, 6) is -0.342. The van der Waals surface area contributed by atoms with E-state index in [1.54, 1.807) is 23.6 Å². The molecule has 0 saturated carbocycles. The first-order valence-corrected chi connectivity index (χ1v) is 10.7. The molecule has 1 atom stereocenters. The van der Waals surface area contributed by atoms with Gasteiger partial charge in [-0.15, -0.1) is 0 Å². The molecule has 8 nitrogen and oxygen atoms in total. The summed E-state index contributed by atoms with van der Waals surface area (Å²) in [4.78, 5) is 32.8. The smallest absolute Gasteiger partial charge is 0.344 e. The van der Waals surface area contributed by atoms with Gasteiger partial charge in [-0.1, -0.05) is 6.92 Å². The van der Waals surface area contributed by atoms with E-state index in [0.29, 0.717) is 35.6 Å². The molecule has 2 aliphatic rings. The third-order valence-electron chi connectivity index (χ3n) is 6.38. The van der Waals surface area contributed by atoms with Crippen LogP contribution in [-0.4, -0.2) is 39.6 Å². The number of rotatable bonds is 4. The third-order valence-corrected chi connectivity index (χ3v) is 6.69. The van der Waals surface area contributed by atoms with Gasteiger partial charge in [-0.25, -0.2) is 9.78 Å². The topological polar surface area (TPSA) is 93.9 Å². The number of hydrogen-bond acceptors (Lipinski definition) is 8. The summed E-state index contributed by atoms with van der Waals surface area (Å²) >= 11 is 3.95. The van der Waals surface area contributed by atoms with Gasteiger partial charge >= 0.3 is 5.97 Å². The summed E-state index contributed by atoms with van der Waals surface area (Å²) in [7, 11) is 3.87. The molecule has 2 aromatic heterocycles. The third kappa shape index (κ3) is 2.81. The van der Waals surface area contributed by atoms with Crippen molar-refractivity contribution in [1.82, 2.24) is 14.5 Å². The number of cyclic esters (lactones) is 1. The minimum absolute atomic E-state index is 0.0984. The zero-order chi connectivity index (χ0) is 22.8. The van der Waals surface area contributed by atoms with Crippen molar-refractivity contribution in [2.75, 3.05) is 14.1 Å². The lowest BCUT2D eigenvalue weighted by Gasteiger charge is -2.34. The van der Waals surface area contributed by atoms with Crippen LogP contribution in [0.4, 0.5) is 0 Å². The van der Waals surface area contributed by atoms with Crippen LogP contribution in [0.5, 0.6) is 5.75 Å². The van der Waals surface area contributed by atoms with E-state index in [9.17, 15) is 14.7 Å². The first-order valence-electron chi connectivity index (χ1n) is 10.4. The van der Waals surface area contributed by atoms with Gasteiger partial charge in [-0.2, -0.15) is 0 Å². The Morgan fingerprint density at radius 1 is 1.31 bits per heavy atom. The lowest BCUT2D eigenvalue weighted by molar-refractivity contribution is -0.167. The molecule has 0 fully saturated rings. The predicted molar refractivity (Wildman–Crippen MR) is 121 cm³/mol. The van der Waals surface area contributed by atoms with Crippen molar-refractivity contribution in [2.45, 2.75) is 38.6 Å². The monoisotopic (exact) mass is 453 g/mol. The second-order valence-electron chi connectivity index (χ2n) is 8.52. The highest BCUT2D eigenvalue weighted by atomic mass is 32.1. The second kappa shape index (κ2) is 7.33. The van der Waals surface area contributed by atoms with E-state index < -0.39 is 11.6 Å². The van der Waals surface area contributed by atoms with Gasteiger partial charge in [0.2, 0.25) is 5.60 Å². The number of benzene rings is 1. The van der Waals surface area contributed by atoms with Crippen molar-refractivity contribution < 1.29 is 18.8 Å². The number of fused-ring (bicyclic) bond motifs is 5. The van der Waals surface area contributed by atoms with Gasteiger partial charge < -0.3 is 19.3 Å². The molecule has 0 amide bonds. The Hall–Kier alpha value is -2.88. The number of esters is 1. The van der Waals surface area contributed by atoms with Gasteiger partial charge in [0, 0.05) is 28.6 Å². The molecular weight excluding hydrogens is 430 g/mol. The molecule has 9 heteroatoms. The van der Waals surface area contributed by atoms with Gasteiger partial charge in [-0.3, -0.25) is 8.98 Å². The molecule has 1 aromatic carbocycles. The van der Waals surface area contributed by atoms with Crippen LogP contribution in [0.1, 0.15) is 35.6 Å². The van der Waals surface area contributed by atoms with Gasteiger partial charge in [0.05, 0.1) is 29.0 Å². The average molecular weight is 454 g/mol. The Labute approximate surface area is 190 Å². The molecule has 1 N–H and O–H groups in total. The van der Waals surface area contributed by atoms with E-state index in [4.69, 9.17) is 13.9 Å². The maximum Gasteiger partial charge on any atom is 0.344 e. The second-order valence-corrected chi connectivity index (χ2v) is 8.71. The number of pyridine rings is 2. The Kier molecular flexibility index (Phi) is 4.81. The quantitative estimate of drug-likeness (QED) is 0.279. The summed E-state index contributed by atoms with van der Waals surface area (Å²) in [5.41, 5.74) is 2.92. The molecule has 0 aliphatic carbocycles. The van der Waals surface area contributed by atoms with Crippen LogP contribution in [-0.2, 0) is 39.0 Å². The molecule has 0 spiro atoms. The highest BCUT2D eigenvalue weighted by molar-refractivity contribution is 7.75. The summed E-state index contributed by atoms with van der Waals surface area (Å²) in [6.07, 6.45) is 0.274. The molecule has 3 aromatic rings. The summed E-state index contributed by atoms with van der Waals surface area (Å²) in [5, 5.41) is 11.3. The normalized spacial score (nSPS) is 19.1. The van der Waals surface area contributed by atoms with E-state index in [-0.39, 0.29) is 24.3 Å². The first-order chi connectivity index (χ1) is 15.3. The number of carbonyl (C=O) groups is 1. The molecule has 0 unspecified atom stereocenters. The molecule has 0 bridgehead atoms. The Morgan fingerprint density at radius 3 is 2.78 bits per heavy atom. The van der Waals surface area contributed by atoms with E-state index in [1.807, 2.05) is 31.1 Å². The van der Waals surface area contributed by atoms with Crippen molar-refractivity contribution in [2.24, 2.45) is 0 Å².